The molecular weight excluding hydrogens is 430 g/mol. The highest BCUT2D eigenvalue weighted by Gasteiger charge is 2.23. The Hall–Kier alpha value is -2.48. The predicted molar refractivity (Wildman–Crippen MR) is 134 cm³/mol. The number of nitrogens with two attached hydrogens (primary N) is 1. The molecule has 2 aliphatic rings. The van der Waals surface area contributed by atoms with E-state index >= 15 is 0 Å². The van der Waals surface area contributed by atoms with Crippen LogP contribution in [0.4, 0.5) is 0 Å². The van der Waals surface area contributed by atoms with Crippen molar-refractivity contribution >= 4 is 0 Å². The quantitative estimate of drug-likeness (QED) is 0.498. The van der Waals surface area contributed by atoms with Gasteiger partial charge in [0.05, 0.1) is 6.61 Å². The SMILES string of the molecule is CC(N)CC(Oc1cccc2c1OCO2)c1ccc(OCCCN2CCN(C(C)C)CC2)cc1. The normalized spacial score (nSPS) is 18.1. The fourth-order valence-corrected chi connectivity index (χ4v) is 4.50. The van der Waals surface area contributed by atoms with Crippen LogP contribution < -0.4 is 24.7 Å². The van der Waals surface area contributed by atoms with Crippen molar-refractivity contribution in [3.05, 3.63) is 48.0 Å². The van der Waals surface area contributed by atoms with E-state index in [1.807, 2.05) is 37.3 Å². The standard InChI is InChI=1S/C27H39N3O4/c1-20(2)30-15-13-29(14-16-30)12-5-17-31-23-10-8-22(9-11-23)26(18-21(3)28)34-25-7-4-6-24-27(25)33-19-32-24/h4,6-11,20-21,26H,5,12-19,28H2,1-3H3. The number of hydrogen-bond acceptors (Lipinski definition) is 7. The van der Waals surface area contributed by atoms with Gasteiger partial charge in [-0.2, -0.15) is 0 Å². The zero-order valence-corrected chi connectivity index (χ0v) is 20.7. The largest absolute Gasteiger partial charge is 0.494 e. The molecule has 2 aromatic rings. The molecule has 0 radical (unpaired) electrons. The van der Waals surface area contributed by atoms with Crippen molar-refractivity contribution < 1.29 is 18.9 Å². The average molecular weight is 470 g/mol. The molecule has 186 valence electrons. The number of rotatable bonds is 11. The second-order valence-electron chi connectivity index (χ2n) is 9.55. The Labute approximate surface area is 203 Å². The van der Waals surface area contributed by atoms with Crippen LogP contribution in [0.15, 0.2) is 42.5 Å². The first-order valence-electron chi connectivity index (χ1n) is 12.5. The van der Waals surface area contributed by atoms with Crippen LogP contribution in [0.25, 0.3) is 0 Å². The fourth-order valence-electron chi connectivity index (χ4n) is 4.50. The summed E-state index contributed by atoms with van der Waals surface area (Å²) in [5.74, 6) is 2.92. The fraction of sp³-hybridized carbons (Fsp3) is 0.556. The first-order chi connectivity index (χ1) is 16.5. The maximum atomic E-state index is 6.35. The Kier molecular flexibility index (Phi) is 8.53. The summed E-state index contributed by atoms with van der Waals surface area (Å²) in [4.78, 5) is 5.08. The van der Waals surface area contributed by atoms with Crippen LogP contribution in [0.2, 0.25) is 0 Å². The van der Waals surface area contributed by atoms with Gasteiger partial charge in [-0.15, -0.1) is 0 Å². The molecule has 34 heavy (non-hydrogen) atoms. The highest BCUT2D eigenvalue weighted by molar-refractivity contribution is 5.52. The maximum absolute atomic E-state index is 6.35. The number of benzene rings is 2. The third-order valence-corrected chi connectivity index (χ3v) is 6.49. The van der Waals surface area contributed by atoms with Crippen molar-refractivity contribution in [2.45, 2.75) is 51.8 Å². The zero-order chi connectivity index (χ0) is 23.9. The lowest BCUT2D eigenvalue weighted by atomic mass is 10.0. The molecule has 0 bridgehead atoms. The Morgan fingerprint density at radius 2 is 1.74 bits per heavy atom. The molecule has 2 atom stereocenters. The van der Waals surface area contributed by atoms with E-state index in [9.17, 15) is 0 Å². The lowest BCUT2D eigenvalue weighted by Gasteiger charge is -2.36. The van der Waals surface area contributed by atoms with Gasteiger partial charge in [0.25, 0.3) is 0 Å². The van der Waals surface area contributed by atoms with E-state index in [-0.39, 0.29) is 18.9 Å². The second kappa shape index (κ2) is 11.8. The lowest BCUT2D eigenvalue weighted by molar-refractivity contribution is 0.104. The number of ether oxygens (including phenoxy) is 4. The smallest absolute Gasteiger partial charge is 0.231 e. The molecule has 7 nitrogen and oxygen atoms in total. The molecule has 1 fully saturated rings. The Morgan fingerprint density at radius 1 is 0.971 bits per heavy atom. The summed E-state index contributed by atoms with van der Waals surface area (Å²) >= 11 is 0. The van der Waals surface area contributed by atoms with Gasteiger partial charge >= 0.3 is 0 Å². The Bertz CT molecular complexity index is 895. The van der Waals surface area contributed by atoms with E-state index in [0.29, 0.717) is 29.7 Å². The van der Waals surface area contributed by atoms with Gasteiger partial charge in [-0.3, -0.25) is 4.90 Å². The van der Waals surface area contributed by atoms with E-state index in [2.05, 4.69) is 35.8 Å². The van der Waals surface area contributed by atoms with Gasteiger partial charge in [-0.25, -0.2) is 0 Å². The first-order valence-corrected chi connectivity index (χ1v) is 12.5. The number of fused-ring (bicyclic) bond motifs is 1. The van der Waals surface area contributed by atoms with Crippen LogP contribution in [-0.2, 0) is 0 Å². The molecule has 2 aliphatic heterocycles. The molecule has 2 heterocycles. The monoisotopic (exact) mass is 469 g/mol. The summed E-state index contributed by atoms with van der Waals surface area (Å²) in [7, 11) is 0. The molecule has 0 amide bonds. The van der Waals surface area contributed by atoms with Crippen LogP contribution in [0.1, 0.15) is 45.3 Å². The summed E-state index contributed by atoms with van der Waals surface area (Å²) in [5.41, 5.74) is 7.18. The lowest BCUT2D eigenvalue weighted by Crippen LogP contribution is -2.49. The summed E-state index contributed by atoms with van der Waals surface area (Å²) in [6, 6.07) is 14.5. The van der Waals surface area contributed by atoms with Crippen molar-refractivity contribution in [3.63, 3.8) is 0 Å². The van der Waals surface area contributed by atoms with Gasteiger partial charge in [0.15, 0.2) is 11.5 Å². The molecule has 1 saturated heterocycles. The molecule has 7 heteroatoms. The second-order valence-corrected chi connectivity index (χ2v) is 9.55. The predicted octanol–water partition coefficient (Wildman–Crippen LogP) is 4.07. The van der Waals surface area contributed by atoms with Gasteiger partial charge in [-0.05, 0) is 57.0 Å². The number of hydrogen-bond donors (Lipinski definition) is 1. The summed E-state index contributed by atoms with van der Waals surface area (Å²) < 4.78 is 23.4. The summed E-state index contributed by atoms with van der Waals surface area (Å²) in [6.07, 6.45) is 1.53. The van der Waals surface area contributed by atoms with Gasteiger partial charge in [0, 0.05) is 51.2 Å². The van der Waals surface area contributed by atoms with E-state index < -0.39 is 0 Å². The van der Waals surface area contributed by atoms with E-state index in [4.69, 9.17) is 24.7 Å². The number of piperazine rings is 1. The van der Waals surface area contributed by atoms with Crippen LogP contribution in [-0.4, -0.2) is 68.0 Å². The molecular formula is C27H39N3O4. The van der Waals surface area contributed by atoms with Crippen molar-refractivity contribution in [1.82, 2.24) is 9.80 Å². The summed E-state index contributed by atoms with van der Waals surface area (Å²) in [5, 5.41) is 0. The van der Waals surface area contributed by atoms with Gasteiger partial charge < -0.3 is 29.6 Å². The van der Waals surface area contributed by atoms with Gasteiger partial charge in [0.2, 0.25) is 12.5 Å². The molecule has 0 aromatic heterocycles. The third-order valence-electron chi connectivity index (χ3n) is 6.49. The number of para-hydroxylation sites is 1. The topological polar surface area (TPSA) is 69.4 Å². The molecule has 2 aromatic carbocycles. The highest BCUT2D eigenvalue weighted by Crippen LogP contribution is 2.42. The van der Waals surface area contributed by atoms with E-state index in [1.54, 1.807) is 0 Å². The van der Waals surface area contributed by atoms with Crippen molar-refractivity contribution in [3.8, 4) is 23.0 Å². The molecule has 0 saturated carbocycles. The molecule has 0 spiro atoms. The van der Waals surface area contributed by atoms with Crippen molar-refractivity contribution in [2.75, 3.05) is 46.1 Å². The van der Waals surface area contributed by atoms with Gasteiger partial charge in [-0.1, -0.05) is 18.2 Å². The molecule has 2 unspecified atom stereocenters. The maximum Gasteiger partial charge on any atom is 0.231 e. The zero-order valence-electron chi connectivity index (χ0n) is 20.7. The van der Waals surface area contributed by atoms with Crippen LogP contribution in [0, 0.1) is 0 Å². The Morgan fingerprint density at radius 3 is 2.44 bits per heavy atom. The van der Waals surface area contributed by atoms with Crippen LogP contribution in [0.3, 0.4) is 0 Å². The van der Waals surface area contributed by atoms with E-state index in [0.717, 1.165) is 57.1 Å². The minimum atomic E-state index is -0.186. The number of nitrogens with zero attached hydrogens (tertiary/aromatic N) is 2. The first kappa shape index (κ1) is 24.6. The average Bonchev–Trinajstić information content (AvgIpc) is 3.32. The van der Waals surface area contributed by atoms with Crippen molar-refractivity contribution in [2.24, 2.45) is 5.73 Å². The minimum absolute atomic E-state index is 0.00254. The molecule has 2 N–H and O–H groups in total. The molecule has 0 aliphatic carbocycles. The van der Waals surface area contributed by atoms with Crippen LogP contribution >= 0.6 is 0 Å². The van der Waals surface area contributed by atoms with Crippen molar-refractivity contribution in [1.29, 1.82) is 0 Å². The Balaban J connectivity index is 1.27. The molecule has 4 rings (SSSR count). The highest BCUT2D eigenvalue weighted by atomic mass is 16.7. The third kappa shape index (κ3) is 6.56. The summed E-state index contributed by atoms with van der Waals surface area (Å²) in [6.45, 7) is 13.2. The van der Waals surface area contributed by atoms with Crippen LogP contribution in [0.5, 0.6) is 23.0 Å². The van der Waals surface area contributed by atoms with E-state index in [1.165, 1.54) is 0 Å². The minimum Gasteiger partial charge on any atom is -0.494 e. The van der Waals surface area contributed by atoms with Gasteiger partial charge in [0.1, 0.15) is 11.9 Å².